The molecule has 2 fully saturated rings. The number of pyridine rings is 1. The molecule has 2 heterocycles. The Balaban J connectivity index is 1.62. The number of aromatic nitrogens is 1. The molecule has 5 nitrogen and oxygen atoms in total. The first-order valence-electron chi connectivity index (χ1n) is 6.67. The van der Waals surface area contributed by atoms with Gasteiger partial charge in [0, 0.05) is 38.4 Å². The highest BCUT2D eigenvalue weighted by molar-refractivity contribution is 5.92. The van der Waals surface area contributed by atoms with Crippen molar-refractivity contribution in [3.8, 4) is 6.07 Å². The first kappa shape index (κ1) is 12.1. The van der Waals surface area contributed by atoms with Gasteiger partial charge in [-0.25, -0.2) is 4.98 Å². The Morgan fingerprint density at radius 1 is 1.26 bits per heavy atom. The number of hydrogen-bond donors (Lipinski definition) is 0. The van der Waals surface area contributed by atoms with Crippen LogP contribution in [0.2, 0.25) is 0 Å². The van der Waals surface area contributed by atoms with Crippen LogP contribution in [-0.4, -0.2) is 52.9 Å². The molecule has 0 N–H and O–H groups in total. The van der Waals surface area contributed by atoms with Gasteiger partial charge in [0.1, 0.15) is 11.8 Å². The number of carbonyl (C=O) groups excluding carboxylic acids is 1. The molecular weight excluding hydrogens is 240 g/mol. The third-order valence-electron chi connectivity index (χ3n) is 3.78. The van der Waals surface area contributed by atoms with Crippen LogP contribution in [0, 0.1) is 11.3 Å². The van der Waals surface area contributed by atoms with Gasteiger partial charge in [0.15, 0.2) is 0 Å². The van der Waals surface area contributed by atoms with E-state index in [0.717, 1.165) is 32.2 Å². The lowest BCUT2D eigenvalue weighted by Gasteiger charge is -2.34. The van der Waals surface area contributed by atoms with Crippen molar-refractivity contribution in [2.75, 3.05) is 26.2 Å². The Bertz CT molecular complexity index is 507. The van der Waals surface area contributed by atoms with Gasteiger partial charge in [-0.05, 0) is 25.0 Å². The number of carbonyl (C=O) groups is 1. The molecule has 1 aliphatic heterocycles. The second-order valence-electron chi connectivity index (χ2n) is 5.10. The summed E-state index contributed by atoms with van der Waals surface area (Å²) in [6, 6.07) is 6.05. The summed E-state index contributed by atoms with van der Waals surface area (Å²) < 4.78 is 0. The minimum atomic E-state index is -0.0278. The van der Waals surface area contributed by atoms with E-state index in [9.17, 15) is 4.79 Å². The van der Waals surface area contributed by atoms with Crippen LogP contribution in [-0.2, 0) is 0 Å². The normalized spacial score (nSPS) is 20.1. The Hall–Kier alpha value is -1.93. The van der Waals surface area contributed by atoms with Crippen molar-refractivity contribution in [1.29, 1.82) is 5.26 Å². The molecule has 1 aromatic heterocycles. The standard InChI is InChI=1S/C14H16N4O/c15-9-11-1-4-13(16-10-11)14(19)18-7-5-17(6-8-18)12-2-3-12/h1,4,10,12H,2-3,5-8H2. The smallest absolute Gasteiger partial charge is 0.272 e. The first-order chi connectivity index (χ1) is 9.28. The zero-order valence-electron chi connectivity index (χ0n) is 10.7. The Kier molecular flexibility index (Phi) is 3.18. The molecule has 3 rings (SSSR count). The number of hydrogen-bond acceptors (Lipinski definition) is 4. The maximum absolute atomic E-state index is 12.3. The monoisotopic (exact) mass is 256 g/mol. The second-order valence-corrected chi connectivity index (χ2v) is 5.10. The molecule has 1 aromatic rings. The quantitative estimate of drug-likeness (QED) is 0.788. The van der Waals surface area contributed by atoms with Crippen LogP contribution in [0.25, 0.3) is 0 Å². The summed E-state index contributed by atoms with van der Waals surface area (Å²) in [7, 11) is 0. The van der Waals surface area contributed by atoms with E-state index in [4.69, 9.17) is 5.26 Å². The van der Waals surface area contributed by atoms with Gasteiger partial charge in [-0.1, -0.05) is 0 Å². The lowest BCUT2D eigenvalue weighted by atomic mass is 10.2. The molecule has 1 saturated heterocycles. The van der Waals surface area contributed by atoms with Crippen LogP contribution < -0.4 is 0 Å². The topological polar surface area (TPSA) is 60.2 Å². The van der Waals surface area contributed by atoms with E-state index >= 15 is 0 Å². The fourth-order valence-corrected chi connectivity index (χ4v) is 2.48. The number of piperazine rings is 1. The van der Waals surface area contributed by atoms with Gasteiger partial charge in [-0.2, -0.15) is 5.26 Å². The predicted molar refractivity (Wildman–Crippen MR) is 69.5 cm³/mol. The number of nitriles is 1. The van der Waals surface area contributed by atoms with Crippen LogP contribution in [0.3, 0.4) is 0 Å². The van der Waals surface area contributed by atoms with Gasteiger partial charge < -0.3 is 4.90 Å². The lowest BCUT2D eigenvalue weighted by Crippen LogP contribution is -2.49. The highest BCUT2D eigenvalue weighted by Gasteiger charge is 2.32. The van der Waals surface area contributed by atoms with Crippen molar-refractivity contribution in [1.82, 2.24) is 14.8 Å². The third-order valence-corrected chi connectivity index (χ3v) is 3.78. The summed E-state index contributed by atoms with van der Waals surface area (Å²) >= 11 is 0. The van der Waals surface area contributed by atoms with Gasteiger partial charge in [0.25, 0.3) is 5.91 Å². The van der Waals surface area contributed by atoms with Crippen LogP contribution in [0.4, 0.5) is 0 Å². The minimum absolute atomic E-state index is 0.0278. The van der Waals surface area contributed by atoms with Crippen LogP contribution in [0.15, 0.2) is 18.3 Å². The highest BCUT2D eigenvalue weighted by Crippen LogP contribution is 2.27. The van der Waals surface area contributed by atoms with E-state index in [1.165, 1.54) is 19.0 Å². The maximum Gasteiger partial charge on any atom is 0.272 e. The largest absolute Gasteiger partial charge is 0.335 e. The average Bonchev–Trinajstić information content (AvgIpc) is 3.31. The molecule has 1 amide bonds. The number of amides is 1. The lowest BCUT2D eigenvalue weighted by molar-refractivity contribution is 0.0621. The SMILES string of the molecule is N#Cc1ccc(C(=O)N2CCN(C3CC3)CC2)nc1. The summed E-state index contributed by atoms with van der Waals surface area (Å²) in [5, 5.41) is 8.71. The van der Waals surface area contributed by atoms with Crippen LogP contribution in [0.5, 0.6) is 0 Å². The Morgan fingerprint density at radius 2 is 2.00 bits per heavy atom. The van der Waals surface area contributed by atoms with E-state index in [1.54, 1.807) is 12.1 Å². The summed E-state index contributed by atoms with van der Waals surface area (Å²) in [5.74, 6) is -0.0278. The van der Waals surface area contributed by atoms with Crippen LogP contribution in [0.1, 0.15) is 28.9 Å². The van der Waals surface area contributed by atoms with E-state index < -0.39 is 0 Å². The first-order valence-corrected chi connectivity index (χ1v) is 6.67. The molecule has 19 heavy (non-hydrogen) atoms. The zero-order valence-corrected chi connectivity index (χ0v) is 10.7. The molecule has 1 saturated carbocycles. The molecule has 0 unspecified atom stereocenters. The molecule has 0 bridgehead atoms. The average molecular weight is 256 g/mol. The summed E-state index contributed by atoms with van der Waals surface area (Å²) in [6.07, 6.45) is 4.07. The molecule has 0 atom stereocenters. The van der Waals surface area contributed by atoms with Crippen molar-refractivity contribution in [3.63, 3.8) is 0 Å². The van der Waals surface area contributed by atoms with E-state index in [2.05, 4.69) is 9.88 Å². The fraction of sp³-hybridized carbons (Fsp3) is 0.500. The van der Waals surface area contributed by atoms with Crippen molar-refractivity contribution in [2.24, 2.45) is 0 Å². The Morgan fingerprint density at radius 3 is 2.53 bits per heavy atom. The summed E-state index contributed by atoms with van der Waals surface area (Å²) in [4.78, 5) is 20.6. The van der Waals surface area contributed by atoms with E-state index in [0.29, 0.717) is 11.3 Å². The molecule has 0 radical (unpaired) electrons. The number of rotatable bonds is 2. The summed E-state index contributed by atoms with van der Waals surface area (Å²) in [6.45, 7) is 3.48. The van der Waals surface area contributed by atoms with Crippen LogP contribution >= 0.6 is 0 Å². The highest BCUT2D eigenvalue weighted by atomic mass is 16.2. The molecule has 0 spiro atoms. The van der Waals surface area contributed by atoms with E-state index in [1.807, 2.05) is 11.0 Å². The van der Waals surface area contributed by atoms with Gasteiger partial charge in [-0.3, -0.25) is 9.69 Å². The summed E-state index contributed by atoms with van der Waals surface area (Å²) in [5.41, 5.74) is 0.911. The van der Waals surface area contributed by atoms with Crippen molar-refractivity contribution in [3.05, 3.63) is 29.6 Å². The van der Waals surface area contributed by atoms with Gasteiger partial charge >= 0.3 is 0 Å². The third kappa shape index (κ3) is 2.59. The van der Waals surface area contributed by atoms with Gasteiger partial charge in [0.05, 0.1) is 5.56 Å². The molecule has 2 aliphatic rings. The molecule has 0 aromatic carbocycles. The molecule has 5 heteroatoms. The second kappa shape index (κ2) is 4.98. The van der Waals surface area contributed by atoms with Gasteiger partial charge in [-0.15, -0.1) is 0 Å². The van der Waals surface area contributed by atoms with Crippen molar-refractivity contribution >= 4 is 5.91 Å². The van der Waals surface area contributed by atoms with E-state index in [-0.39, 0.29) is 5.91 Å². The predicted octanol–water partition coefficient (Wildman–Crippen LogP) is 0.873. The maximum atomic E-state index is 12.3. The van der Waals surface area contributed by atoms with Gasteiger partial charge in [0.2, 0.25) is 0 Å². The minimum Gasteiger partial charge on any atom is -0.335 e. The van der Waals surface area contributed by atoms with Crippen molar-refractivity contribution in [2.45, 2.75) is 18.9 Å². The molecule has 98 valence electrons. The fourth-order valence-electron chi connectivity index (χ4n) is 2.48. The zero-order chi connectivity index (χ0) is 13.2. The Labute approximate surface area is 112 Å². The number of nitrogens with zero attached hydrogens (tertiary/aromatic N) is 4. The van der Waals surface area contributed by atoms with Crippen molar-refractivity contribution < 1.29 is 4.79 Å². The molecular formula is C14H16N4O. The molecule has 1 aliphatic carbocycles.